The molecule has 24 heavy (non-hydrogen) atoms. The van der Waals surface area contributed by atoms with E-state index < -0.39 is 0 Å². The van der Waals surface area contributed by atoms with E-state index in [4.69, 9.17) is 0 Å². The summed E-state index contributed by atoms with van der Waals surface area (Å²) in [7, 11) is 3.38. The number of aliphatic imine (C=N–C) groups is 1. The first-order valence-corrected chi connectivity index (χ1v) is 7.93. The van der Waals surface area contributed by atoms with Gasteiger partial charge in [0.15, 0.2) is 5.96 Å². The van der Waals surface area contributed by atoms with Crippen molar-refractivity contribution in [2.75, 3.05) is 14.1 Å². The number of carbonyl (C=O) groups is 1. The molecule has 2 rings (SSSR count). The number of hydrogen-bond acceptors (Lipinski definition) is 2. The number of aryl methyl sites for hydroxylation is 1. The lowest BCUT2D eigenvalue weighted by atomic mass is 10.1. The molecule has 0 aliphatic heterocycles. The zero-order valence-electron chi connectivity index (χ0n) is 14.4. The van der Waals surface area contributed by atoms with Crippen LogP contribution in [0.25, 0.3) is 0 Å². The van der Waals surface area contributed by atoms with E-state index in [1.807, 2.05) is 24.3 Å². The summed E-state index contributed by atoms with van der Waals surface area (Å²) in [6.45, 7) is 3.43. The number of carbonyl (C=O) groups excluding carboxylic acids is 1. The molecule has 0 bridgehead atoms. The van der Waals surface area contributed by atoms with E-state index in [1.54, 1.807) is 14.1 Å². The lowest BCUT2D eigenvalue weighted by Gasteiger charge is -2.12. The van der Waals surface area contributed by atoms with E-state index in [0.29, 0.717) is 12.1 Å². The molecule has 126 valence electrons. The highest BCUT2D eigenvalue weighted by molar-refractivity contribution is 5.93. The highest BCUT2D eigenvalue weighted by Gasteiger charge is 2.03. The van der Waals surface area contributed by atoms with Gasteiger partial charge in [-0.3, -0.25) is 9.79 Å². The number of nitrogens with one attached hydrogen (secondary N) is 3. The summed E-state index contributed by atoms with van der Waals surface area (Å²) < 4.78 is 0. The molecule has 3 N–H and O–H groups in total. The maximum atomic E-state index is 11.5. The molecule has 0 atom stereocenters. The maximum absolute atomic E-state index is 11.5. The van der Waals surface area contributed by atoms with Gasteiger partial charge >= 0.3 is 0 Å². The lowest BCUT2D eigenvalue weighted by molar-refractivity contribution is 0.0963. The van der Waals surface area contributed by atoms with Crippen LogP contribution in [0.1, 0.15) is 27.0 Å². The number of benzene rings is 2. The molecule has 0 unspecified atom stereocenters. The zero-order chi connectivity index (χ0) is 17.4. The van der Waals surface area contributed by atoms with Gasteiger partial charge in [0, 0.05) is 32.7 Å². The van der Waals surface area contributed by atoms with E-state index in [2.05, 4.69) is 52.1 Å². The number of amides is 1. The van der Waals surface area contributed by atoms with Crippen LogP contribution in [0.3, 0.4) is 0 Å². The molecule has 0 saturated heterocycles. The van der Waals surface area contributed by atoms with Crippen LogP contribution in [0.2, 0.25) is 0 Å². The van der Waals surface area contributed by atoms with Crippen molar-refractivity contribution >= 4 is 11.9 Å². The molecule has 0 aliphatic rings. The predicted molar refractivity (Wildman–Crippen MR) is 98.0 cm³/mol. The van der Waals surface area contributed by atoms with Crippen molar-refractivity contribution in [1.82, 2.24) is 16.0 Å². The quantitative estimate of drug-likeness (QED) is 0.584. The van der Waals surface area contributed by atoms with Crippen LogP contribution in [-0.4, -0.2) is 26.0 Å². The number of rotatable bonds is 5. The van der Waals surface area contributed by atoms with Gasteiger partial charge in [-0.1, -0.05) is 42.0 Å². The molecule has 0 spiro atoms. The monoisotopic (exact) mass is 324 g/mol. The van der Waals surface area contributed by atoms with Gasteiger partial charge in [0.2, 0.25) is 0 Å². The zero-order valence-corrected chi connectivity index (χ0v) is 14.4. The average molecular weight is 324 g/mol. The van der Waals surface area contributed by atoms with Crippen LogP contribution in [0.5, 0.6) is 0 Å². The summed E-state index contributed by atoms with van der Waals surface area (Å²) >= 11 is 0. The molecule has 5 heteroatoms. The van der Waals surface area contributed by atoms with Gasteiger partial charge in [-0.15, -0.1) is 0 Å². The molecule has 0 saturated carbocycles. The van der Waals surface area contributed by atoms with Gasteiger partial charge in [-0.2, -0.15) is 0 Å². The number of hydrogen-bond donors (Lipinski definition) is 3. The van der Waals surface area contributed by atoms with Crippen molar-refractivity contribution < 1.29 is 4.79 Å². The Labute approximate surface area is 143 Å². The fourth-order valence-electron chi connectivity index (χ4n) is 2.22. The Morgan fingerprint density at radius 2 is 1.42 bits per heavy atom. The van der Waals surface area contributed by atoms with Crippen molar-refractivity contribution in [3.63, 3.8) is 0 Å². The second-order valence-corrected chi connectivity index (χ2v) is 5.54. The summed E-state index contributed by atoms with van der Waals surface area (Å²) in [6, 6.07) is 15.9. The van der Waals surface area contributed by atoms with E-state index in [1.165, 1.54) is 11.1 Å². The summed E-state index contributed by atoms with van der Waals surface area (Å²) in [5, 5.41) is 9.17. The summed E-state index contributed by atoms with van der Waals surface area (Å²) in [5.41, 5.74) is 4.20. The smallest absolute Gasteiger partial charge is 0.251 e. The maximum Gasteiger partial charge on any atom is 0.251 e. The first-order chi connectivity index (χ1) is 11.6. The third kappa shape index (κ3) is 5.12. The topological polar surface area (TPSA) is 65.5 Å². The normalized spacial score (nSPS) is 11.0. The van der Waals surface area contributed by atoms with Crippen LogP contribution >= 0.6 is 0 Å². The number of guanidine groups is 1. The largest absolute Gasteiger partial charge is 0.355 e. The predicted octanol–water partition coefficient (Wildman–Crippen LogP) is 2.22. The number of nitrogens with zero attached hydrogens (tertiary/aromatic N) is 1. The second kappa shape index (κ2) is 8.72. The Kier molecular flexibility index (Phi) is 6.37. The molecule has 1 amide bonds. The molecule has 0 heterocycles. The molecule has 2 aromatic rings. The van der Waals surface area contributed by atoms with E-state index >= 15 is 0 Å². The lowest BCUT2D eigenvalue weighted by Crippen LogP contribution is -2.36. The van der Waals surface area contributed by atoms with Crippen LogP contribution in [0.4, 0.5) is 0 Å². The van der Waals surface area contributed by atoms with E-state index in [9.17, 15) is 4.79 Å². The van der Waals surface area contributed by atoms with Crippen molar-refractivity contribution in [2.24, 2.45) is 4.99 Å². The summed E-state index contributed by atoms with van der Waals surface area (Å²) in [5.74, 6) is 0.663. The van der Waals surface area contributed by atoms with Gasteiger partial charge in [0.05, 0.1) is 0 Å². The van der Waals surface area contributed by atoms with Crippen LogP contribution in [0.15, 0.2) is 53.5 Å². The Bertz CT molecular complexity index is 690. The summed E-state index contributed by atoms with van der Waals surface area (Å²) in [6.07, 6.45) is 0. The minimum Gasteiger partial charge on any atom is -0.355 e. The molecule has 0 radical (unpaired) electrons. The van der Waals surface area contributed by atoms with Crippen molar-refractivity contribution in [3.8, 4) is 0 Å². The van der Waals surface area contributed by atoms with E-state index in [-0.39, 0.29) is 5.91 Å². The summed E-state index contributed by atoms with van der Waals surface area (Å²) in [4.78, 5) is 15.7. The van der Waals surface area contributed by atoms with Crippen LogP contribution < -0.4 is 16.0 Å². The molecule has 5 nitrogen and oxygen atoms in total. The van der Waals surface area contributed by atoms with Gasteiger partial charge < -0.3 is 16.0 Å². The SMILES string of the molecule is CN=C(NCc1ccc(C)cc1)NCc1ccc(C(=O)NC)cc1. The first-order valence-electron chi connectivity index (χ1n) is 7.93. The standard InChI is InChI=1S/C19H24N4O/c1-14-4-6-15(7-5-14)12-22-19(21-3)23-13-16-8-10-17(11-9-16)18(24)20-2/h4-11H,12-13H2,1-3H3,(H,20,24)(H2,21,22,23). The fourth-order valence-corrected chi connectivity index (χ4v) is 2.22. The Morgan fingerprint density at radius 3 is 1.88 bits per heavy atom. The Hall–Kier alpha value is -2.82. The Morgan fingerprint density at radius 1 is 0.917 bits per heavy atom. The van der Waals surface area contributed by atoms with Crippen molar-refractivity contribution in [2.45, 2.75) is 20.0 Å². The second-order valence-electron chi connectivity index (χ2n) is 5.54. The Balaban J connectivity index is 1.85. The van der Waals surface area contributed by atoms with Gasteiger partial charge in [0.25, 0.3) is 5.91 Å². The fraction of sp³-hybridized carbons (Fsp3) is 0.263. The third-order valence-electron chi connectivity index (χ3n) is 3.71. The molecule has 0 fully saturated rings. The molecule has 2 aromatic carbocycles. The van der Waals surface area contributed by atoms with Crippen LogP contribution in [0, 0.1) is 6.92 Å². The highest BCUT2D eigenvalue weighted by atomic mass is 16.1. The van der Waals surface area contributed by atoms with Crippen LogP contribution in [-0.2, 0) is 13.1 Å². The minimum absolute atomic E-state index is 0.0786. The van der Waals surface area contributed by atoms with E-state index in [0.717, 1.165) is 18.1 Å². The molecular weight excluding hydrogens is 300 g/mol. The third-order valence-corrected chi connectivity index (χ3v) is 3.71. The molecule has 0 aromatic heterocycles. The minimum atomic E-state index is -0.0786. The molecular formula is C19H24N4O. The van der Waals surface area contributed by atoms with Gasteiger partial charge in [-0.05, 0) is 30.2 Å². The van der Waals surface area contributed by atoms with Gasteiger partial charge in [0.1, 0.15) is 0 Å². The highest BCUT2D eigenvalue weighted by Crippen LogP contribution is 2.05. The first kappa shape index (κ1) is 17.5. The average Bonchev–Trinajstić information content (AvgIpc) is 2.63. The van der Waals surface area contributed by atoms with Crippen molar-refractivity contribution in [3.05, 3.63) is 70.8 Å². The van der Waals surface area contributed by atoms with Crippen molar-refractivity contribution in [1.29, 1.82) is 0 Å². The van der Waals surface area contributed by atoms with Gasteiger partial charge in [-0.25, -0.2) is 0 Å². The molecule has 0 aliphatic carbocycles.